The van der Waals surface area contributed by atoms with E-state index in [0.717, 1.165) is 38.8 Å². The predicted octanol–water partition coefficient (Wildman–Crippen LogP) is 3.05. The second-order valence-corrected chi connectivity index (χ2v) is 5.59. The molecule has 0 spiro atoms. The third-order valence-electron chi connectivity index (χ3n) is 3.59. The average molecular weight is 285 g/mol. The Bertz CT molecular complexity index is 226. The molecular formula is C16H35N3O. The summed E-state index contributed by atoms with van der Waals surface area (Å²) >= 11 is 0. The third-order valence-corrected chi connectivity index (χ3v) is 3.59. The van der Waals surface area contributed by atoms with E-state index in [9.17, 15) is 0 Å². The molecule has 0 saturated carbocycles. The van der Waals surface area contributed by atoms with Crippen LogP contribution in [0.5, 0.6) is 0 Å². The van der Waals surface area contributed by atoms with Gasteiger partial charge in [0.1, 0.15) is 0 Å². The highest BCUT2D eigenvalue weighted by Gasteiger charge is 2.06. The smallest absolute Gasteiger partial charge is 0.188 e. The minimum Gasteiger partial charge on any atom is -0.396 e. The molecule has 4 N–H and O–H groups in total. The molecule has 0 saturated heterocycles. The quantitative estimate of drug-likeness (QED) is 0.277. The first-order valence-electron chi connectivity index (χ1n) is 8.39. The standard InChI is InChI=1S/C16H35N3O/c1-3-5-6-7-8-9-12-18-16(17)19-14-15(10-4-2)11-13-20/h15,20H,3-14H2,1-2H3,(H3,17,18,19). The van der Waals surface area contributed by atoms with Crippen LogP contribution in [-0.2, 0) is 0 Å². The fraction of sp³-hybridized carbons (Fsp3) is 0.938. The Balaban J connectivity index is 3.62. The molecule has 0 fully saturated rings. The first-order valence-corrected chi connectivity index (χ1v) is 8.39. The predicted molar refractivity (Wildman–Crippen MR) is 88.0 cm³/mol. The molecule has 4 nitrogen and oxygen atoms in total. The zero-order valence-electron chi connectivity index (χ0n) is 13.5. The molecule has 4 heteroatoms. The summed E-state index contributed by atoms with van der Waals surface area (Å²) in [5, 5.41) is 12.2. The summed E-state index contributed by atoms with van der Waals surface area (Å²) in [6, 6.07) is 0. The summed E-state index contributed by atoms with van der Waals surface area (Å²) in [5.74, 6) is 1.01. The van der Waals surface area contributed by atoms with E-state index in [1.807, 2.05) is 0 Å². The molecule has 0 heterocycles. The fourth-order valence-electron chi connectivity index (χ4n) is 2.32. The topological polar surface area (TPSA) is 70.6 Å². The Kier molecular flexibility index (Phi) is 14.1. The highest BCUT2D eigenvalue weighted by Crippen LogP contribution is 2.10. The van der Waals surface area contributed by atoms with E-state index in [0.29, 0.717) is 11.9 Å². The van der Waals surface area contributed by atoms with Crippen LogP contribution in [0.25, 0.3) is 0 Å². The lowest BCUT2D eigenvalue weighted by molar-refractivity contribution is 0.253. The largest absolute Gasteiger partial charge is 0.396 e. The lowest BCUT2D eigenvalue weighted by atomic mass is 10.0. The number of aliphatic hydroxyl groups is 1. The van der Waals surface area contributed by atoms with Crippen molar-refractivity contribution in [2.75, 3.05) is 19.7 Å². The van der Waals surface area contributed by atoms with Crippen molar-refractivity contribution in [1.82, 2.24) is 5.32 Å². The van der Waals surface area contributed by atoms with Gasteiger partial charge in [0.2, 0.25) is 0 Å². The van der Waals surface area contributed by atoms with Crippen LogP contribution in [0, 0.1) is 5.92 Å². The van der Waals surface area contributed by atoms with Gasteiger partial charge in [-0.25, -0.2) is 0 Å². The summed E-state index contributed by atoms with van der Waals surface area (Å²) < 4.78 is 0. The van der Waals surface area contributed by atoms with E-state index in [1.54, 1.807) is 0 Å². The van der Waals surface area contributed by atoms with Gasteiger partial charge in [-0.1, -0.05) is 52.4 Å². The number of nitrogens with zero attached hydrogens (tertiary/aromatic N) is 1. The number of guanidine groups is 1. The number of hydrogen-bond donors (Lipinski definition) is 3. The van der Waals surface area contributed by atoms with Crippen LogP contribution >= 0.6 is 0 Å². The molecule has 0 amide bonds. The molecule has 0 rings (SSSR count). The number of hydrogen-bond acceptors (Lipinski definition) is 2. The van der Waals surface area contributed by atoms with Gasteiger partial charge < -0.3 is 16.2 Å². The normalized spacial score (nSPS) is 13.4. The van der Waals surface area contributed by atoms with Gasteiger partial charge in [-0.05, 0) is 25.2 Å². The maximum atomic E-state index is 9.00. The van der Waals surface area contributed by atoms with Crippen LogP contribution in [0.15, 0.2) is 4.99 Å². The van der Waals surface area contributed by atoms with Gasteiger partial charge in [0, 0.05) is 19.7 Å². The molecule has 20 heavy (non-hydrogen) atoms. The summed E-state index contributed by atoms with van der Waals surface area (Å²) in [6.45, 7) is 6.28. The zero-order valence-corrected chi connectivity index (χ0v) is 13.5. The van der Waals surface area contributed by atoms with Crippen LogP contribution in [0.2, 0.25) is 0 Å². The van der Waals surface area contributed by atoms with Gasteiger partial charge >= 0.3 is 0 Å². The van der Waals surface area contributed by atoms with Gasteiger partial charge in [-0.2, -0.15) is 0 Å². The van der Waals surface area contributed by atoms with E-state index in [1.165, 1.54) is 32.1 Å². The van der Waals surface area contributed by atoms with E-state index in [2.05, 4.69) is 24.2 Å². The highest BCUT2D eigenvalue weighted by molar-refractivity contribution is 5.77. The second-order valence-electron chi connectivity index (χ2n) is 5.59. The lowest BCUT2D eigenvalue weighted by Gasteiger charge is -2.12. The van der Waals surface area contributed by atoms with Crippen LogP contribution in [0.3, 0.4) is 0 Å². The number of aliphatic imine (C=N–C) groups is 1. The molecule has 0 aliphatic rings. The molecule has 1 unspecified atom stereocenters. The van der Waals surface area contributed by atoms with Crippen molar-refractivity contribution in [3.8, 4) is 0 Å². The minimum absolute atomic E-state index is 0.241. The zero-order chi connectivity index (χ0) is 15.1. The average Bonchev–Trinajstić information content (AvgIpc) is 2.44. The number of aliphatic hydroxyl groups excluding tert-OH is 1. The number of rotatable bonds is 13. The van der Waals surface area contributed by atoms with E-state index in [-0.39, 0.29) is 6.61 Å². The Morgan fingerprint density at radius 2 is 1.75 bits per heavy atom. The van der Waals surface area contributed by atoms with Crippen molar-refractivity contribution >= 4 is 5.96 Å². The number of nitrogens with two attached hydrogens (primary N) is 1. The molecule has 0 aromatic heterocycles. The maximum absolute atomic E-state index is 9.00. The highest BCUT2D eigenvalue weighted by atomic mass is 16.3. The van der Waals surface area contributed by atoms with Gasteiger partial charge in [0.15, 0.2) is 5.96 Å². The molecule has 0 radical (unpaired) electrons. The van der Waals surface area contributed by atoms with Gasteiger partial charge in [-0.3, -0.25) is 4.99 Å². The summed E-state index contributed by atoms with van der Waals surface area (Å²) in [5.41, 5.74) is 5.85. The summed E-state index contributed by atoms with van der Waals surface area (Å²) in [4.78, 5) is 4.38. The van der Waals surface area contributed by atoms with Crippen molar-refractivity contribution in [1.29, 1.82) is 0 Å². The van der Waals surface area contributed by atoms with E-state index >= 15 is 0 Å². The van der Waals surface area contributed by atoms with Crippen LogP contribution in [0.1, 0.15) is 71.6 Å². The molecule has 0 aromatic carbocycles. The Morgan fingerprint density at radius 3 is 2.40 bits per heavy atom. The van der Waals surface area contributed by atoms with Crippen molar-refractivity contribution in [2.45, 2.75) is 71.6 Å². The van der Waals surface area contributed by atoms with Gasteiger partial charge in [-0.15, -0.1) is 0 Å². The van der Waals surface area contributed by atoms with Crippen molar-refractivity contribution in [2.24, 2.45) is 16.6 Å². The molecule has 120 valence electrons. The van der Waals surface area contributed by atoms with E-state index in [4.69, 9.17) is 10.8 Å². The Morgan fingerprint density at radius 1 is 1.05 bits per heavy atom. The SMILES string of the molecule is CCCCCCCCNC(N)=NCC(CCC)CCO. The van der Waals surface area contributed by atoms with E-state index < -0.39 is 0 Å². The van der Waals surface area contributed by atoms with Crippen molar-refractivity contribution in [3.05, 3.63) is 0 Å². The molecular weight excluding hydrogens is 250 g/mol. The first-order chi connectivity index (χ1) is 9.74. The Hall–Kier alpha value is -0.770. The monoisotopic (exact) mass is 285 g/mol. The number of unbranched alkanes of at least 4 members (excludes halogenated alkanes) is 5. The van der Waals surface area contributed by atoms with Crippen molar-refractivity contribution in [3.63, 3.8) is 0 Å². The summed E-state index contributed by atoms with van der Waals surface area (Å²) in [7, 11) is 0. The Labute approximate surface area is 125 Å². The molecule has 0 bridgehead atoms. The molecule has 0 aliphatic heterocycles. The minimum atomic E-state index is 0.241. The van der Waals surface area contributed by atoms with Gasteiger partial charge in [0.25, 0.3) is 0 Å². The van der Waals surface area contributed by atoms with Gasteiger partial charge in [0.05, 0.1) is 0 Å². The molecule has 0 aliphatic carbocycles. The van der Waals surface area contributed by atoms with Crippen LogP contribution in [0.4, 0.5) is 0 Å². The first kappa shape index (κ1) is 19.2. The third kappa shape index (κ3) is 12.3. The number of nitrogens with one attached hydrogen (secondary N) is 1. The lowest BCUT2D eigenvalue weighted by Crippen LogP contribution is -2.33. The second kappa shape index (κ2) is 14.6. The molecule has 0 aromatic rings. The summed E-state index contributed by atoms with van der Waals surface area (Å²) in [6.07, 6.45) is 10.8. The molecule has 1 atom stereocenters. The fourth-order valence-corrected chi connectivity index (χ4v) is 2.32. The van der Waals surface area contributed by atoms with Crippen molar-refractivity contribution < 1.29 is 5.11 Å². The van der Waals surface area contributed by atoms with Crippen LogP contribution in [-0.4, -0.2) is 30.8 Å². The van der Waals surface area contributed by atoms with Crippen LogP contribution < -0.4 is 11.1 Å². The maximum Gasteiger partial charge on any atom is 0.188 e.